The third-order valence-electron chi connectivity index (χ3n) is 1.04. The van der Waals surface area contributed by atoms with Crippen LogP contribution in [0.25, 0.3) is 0 Å². The standard InChI is InChI=1S/C7H8BFO2/c1-5-4-6(8(10)11)2-3-7(5)9/h2-4,10-11H,1H3/i1D3,2D,3D,4D. The van der Waals surface area contributed by atoms with Gasteiger partial charge >= 0.3 is 7.12 Å². The molecular weight excluding hydrogens is 146 g/mol. The highest BCUT2D eigenvalue weighted by Crippen LogP contribution is 2.01. The highest BCUT2D eigenvalue weighted by atomic mass is 19.1. The number of hydrogen-bond donors (Lipinski definition) is 2. The Bertz CT molecular complexity index is 461. The molecule has 0 aliphatic rings. The van der Waals surface area contributed by atoms with Gasteiger partial charge in [0.2, 0.25) is 0 Å². The largest absolute Gasteiger partial charge is 0.488 e. The zero-order valence-electron chi connectivity index (χ0n) is 11.3. The molecule has 1 aromatic rings. The van der Waals surface area contributed by atoms with Crippen molar-refractivity contribution in [2.45, 2.75) is 6.85 Å². The minimum Gasteiger partial charge on any atom is -0.423 e. The van der Waals surface area contributed by atoms with Crippen molar-refractivity contribution in [3.05, 3.63) is 29.5 Å². The predicted octanol–water partition coefficient (Wildman–Crippen LogP) is -0.186. The van der Waals surface area contributed by atoms with Gasteiger partial charge in [-0.25, -0.2) is 4.39 Å². The molecule has 0 saturated carbocycles. The first-order valence-corrected chi connectivity index (χ1v) is 2.74. The average molecular weight is 160 g/mol. The number of benzene rings is 1. The van der Waals surface area contributed by atoms with Crippen LogP contribution < -0.4 is 5.46 Å². The molecule has 0 bridgehead atoms. The fourth-order valence-electron chi connectivity index (χ4n) is 0.535. The molecule has 0 spiro atoms. The van der Waals surface area contributed by atoms with E-state index in [4.69, 9.17) is 18.3 Å². The molecule has 0 aromatic heterocycles. The molecule has 0 atom stereocenters. The van der Waals surface area contributed by atoms with Crippen LogP contribution in [0, 0.1) is 12.7 Å². The van der Waals surface area contributed by atoms with Gasteiger partial charge in [-0.05, 0) is 23.9 Å². The molecule has 2 nitrogen and oxygen atoms in total. The van der Waals surface area contributed by atoms with Crippen molar-refractivity contribution in [1.82, 2.24) is 0 Å². The van der Waals surface area contributed by atoms with Gasteiger partial charge in [-0.15, -0.1) is 0 Å². The number of halogens is 1. The predicted molar refractivity (Wildman–Crippen MR) is 41.0 cm³/mol. The molecule has 1 rings (SSSR count). The first kappa shape index (κ1) is 3.25. The van der Waals surface area contributed by atoms with Crippen molar-refractivity contribution >= 4 is 12.6 Å². The van der Waals surface area contributed by atoms with E-state index in [2.05, 4.69) is 0 Å². The van der Waals surface area contributed by atoms with Gasteiger partial charge in [0.05, 0.1) is 4.11 Å². The molecule has 0 amide bonds. The van der Waals surface area contributed by atoms with E-state index >= 15 is 0 Å². The van der Waals surface area contributed by atoms with E-state index in [1.54, 1.807) is 0 Å². The maximum Gasteiger partial charge on any atom is 0.488 e. The highest BCUT2D eigenvalue weighted by molar-refractivity contribution is 6.58. The van der Waals surface area contributed by atoms with Crippen molar-refractivity contribution in [2.75, 3.05) is 0 Å². The quantitative estimate of drug-likeness (QED) is 0.559. The maximum absolute atomic E-state index is 13.5. The van der Waals surface area contributed by atoms with Crippen molar-refractivity contribution in [2.24, 2.45) is 0 Å². The van der Waals surface area contributed by atoms with Crippen LogP contribution >= 0.6 is 0 Å². The fraction of sp³-hybridized carbons (Fsp3) is 0.143. The van der Waals surface area contributed by atoms with Crippen molar-refractivity contribution in [3.63, 3.8) is 0 Å². The van der Waals surface area contributed by atoms with Crippen LogP contribution in [0.2, 0.25) is 0 Å². The average Bonchev–Trinajstić information content (AvgIpc) is 2.11. The van der Waals surface area contributed by atoms with Crippen LogP contribution in [-0.2, 0) is 0 Å². The Hall–Kier alpha value is -0.865. The Balaban J connectivity index is 3.75. The summed E-state index contributed by atoms with van der Waals surface area (Å²) < 4.78 is 56.4. The number of hydrogen-bond acceptors (Lipinski definition) is 2. The maximum atomic E-state index is 13.5. The molecule has 0 saturated heterocycles. The SMILES string of the molecule is [2H]c1c([2H])c(B(O)O)c([2H])c(C([2H])([2H])[2H])c1F. The minimum absolute atomic E-state index is 0.789. The number of rotatable bonds is 1. The molecule has 0 radical (unpaired) electrons. The Morgan fingerprint density at radius 1 is 1.64 bits per heavy atom. The summed E-state index contributed by atoms with van der Waals surface area (Å²) in [6.45, 7) is -3.01. The highest BCUT2D eigenvalue weighted by Gasteiger charge is 2.11. The van der Waals surface area contributed by atoms with Crippen LogP contribution in [0.5, 0.6) is 0 Å². The minimum atomic E-state index is -3.01. The van der Waals surface area contributed by atoms with Gasteiger partial charge in [0.15, 0.2) is 0 Å². The fourth-order valence-corrected chi connectivity index (χ4v) is 0.535. The second-order valence-corrected chi connectivity index (χ2v) is 1.85. The third-order valence-corrected chi connectivity index (χ3v) is 1.04. The van der Waals surface area contributed by atoms with E-state index in [-0.39, 0.29) is 0 Å². The van der Waals surface area contributed by atoms with Crippen molar-refractivity contribution in [1.29, 1.82) is 0 Å². The smallest absolute Gasteiger partial charge is 0.423 e. The Kier molecular flexibility index (Phi) is 0.894. The van der Waals surface area contributed by atoms with E-state index in [9.17, 15) is 4.39 Å². The second kappa shape index (κ2) is 3.03. The molecule has 11 heavy (non-hydrogen) atoms. The normalized spacial score (nSPS) is 18.8. The zero-order chi connectivity index (χ0) is 13.5. The monoisotopic (exact) mass is 160 g/mol. The van der Waals surface area contributed by atoms with E-state index in [0.29, 0.717) is 0 Å². The van der Waals surface area contributed by atoms with Crippen LogP contribution in [-0.4, -0.2) is 17.2 Å². The molecule has 0 aliphatic carbocycles. The molecule has 0 aliphatic heterocycles. The first-order chi connectivity index (χ1) is 7.59. The first-order valence-electron chi connectivity index (χ1n) is 5.74. The van der Waals surface area contributed by atoms with Crippen LogP contribution in [0.4, 0.5) is 4.39 Å². The molecule has 2 N–H and O–H groups in total. The van der Waals surface area contributed by atoms with Crippen LogP contribution in [0.15, 0.2) is 18.1 Å². The third kappa shape index (κ3) is 1.79. The topological polar surface area (TPSA) is 40.5 Å². The summed E-state index contributed by atoms with van der Waals surface area (Å²) >= 11 is 0. The summed E-state index contributed by atoms with van der Waals surface area (Å²) in [5, 5.41) is 17.8. The van der Waals surface area contributed by atoms with Gasteiger partial charge in [0.25, 0.3) is 0 Å². The molecular formula is C7H8BFO2. The van der Waals surface area contributed by atoms with Crippen LogP contribution in [0.3, 0.4) is 0 Å². The summed E-state index contributed by atoms with van der Waals surface area (Å²) in [5.74, 6) is -1.51. The van der Waals surface area contributed by atoms with Gasteiger partial charge in [-0.1, -0.05) is 12.1 Å². The lowest BCUT2D eigenvalue weighted by atomic mass is 9.80. The molecule has 4 heteroatoms. The molecule has 58 valence electrons. The summed E-state index contributed by atoms with van der Waals surface area (Å²) in [7, 11) is -2.30. The Morgan fingerprint density at radius 2 is 2.36 bits per heavy atom. The zero-order valence-corrected chi connectivity index (χ0v) is 5.35. The second-order valence-electron chi connectivity index (χ2n) is 1.85. The van der Waals surface area contributed by atoms with E-state index in [1.165, 1.54) is 0 Å². The molecule has 1 aromatic carbocycles. The van der Waals surface area contributed by atoms with Gasteiger partial charge in [-0.3, -0.25) is 0 Å². The van der Waals surface area contributed by atoms with Gasteiger partial charge in [-0.2, -0.15) is 0 Å². The van der Waals surface area contributed by atoms with E-state index in [1.807, 2.05) is 0 Å². The lowest BCUT2D eigenvalue weighted by Crippen LogP contribution is -2.29. The lowest BCUT2D eigenvalue weighted by Gasteiger charge is -2.00. The van der Waals surface area contributed by atoms with Crippen LogP contribution in [0.1, 0.15) is 13.8 Å². The lowest BCUT2D eigenvalue weighted by molar-refractivity contribution is 0.425. The molecule has 0 unspecified atom stereocenters. The Morgan fingerprint density at radius 3 is 2.91 bits per heavy atom. The van der Waals surface area contributed by atoms with E-state index in [0.717, 1.165) is 0 Å². The summed E-state index contributed by atoms with van der Waals surface area (Å²) in [6, 6.07) is -2.97. The summed E-state index contributed by atoms with van der Waals surface area (Å²) in [4.78, 5) is 0. The van der Waals surface area contributed by atoms with Crippen molar-refractivity contribution in [3.8, 4) is 0 Å². The summed E-state index contributed by atoms with van der Waals surface area (Å²) in [5.41, 5.74) is -1.87. The van der Waals surface area contributed by atoms with Gasteiger partial charge in [0, 0.05) is 4.11 Å². The molecule has 0 heterocycles. The molecule has 0 fully saturated rings. The van der Waals surface area contributed by atoms with Gasteiger partial charge < -0.3 is 10.0 Å². The Labute approximate surface area is 72.9 Å². The van der Waals surface area contributed by atoms with Crippen molar-refractivity contribution < 1.29 is 22.7 Å². The van der Waals surface area contributed by atoms with E-state index < -0.39 is 48.9 Å². The van der Waals surface area contributed by atoms with Gasteiger partial charge in [0.1, 0.15) is 5.82 Å². The summed E-state index contributed by atoms with van der Waals surface area (Å²) in [6.07, 6.45) is 0.